The van der Waals surface area contributed by atoms with Crippen molar-refractivity contribution in [2.24, 2.45) is 11.5 Å². The molecular weight excluding hydrogens is 743 g/mol. The number of nitrogens with one attached hydrogen (secondary N) is 5. The van der Waals surface area contributed by atoms with Gasteiger partial charge in [0.25, 0.3) is 17.7 Å². The highest BCUT2D eigenvalue weighted by molar-refractivity contribution is 7.10. The van der Waals surface area contributed by atoms with Crippen LogP contribution in [0.4, 0.5) is 39.0 Å². The van der Waals surface area contributed by atoms with Crippen LogP contribution in [0.15, 0.2) is 48.8 Å². The minimum atomic E-state index is -0.671. The molecule has 9 N–H and O–H groups in total. The fourth-order valence-corrected chi connectivity index (χ4v) is 7.20. The number of likely N-dealkylation sites (tertiary alicyclic amines) is 1. The number of nitrogens with two attached hydrogens (primary N) is 2. The zero-order valence-corrected chi connectivity index (χ0v) is 32.4. The van der Waals surface area contributed by atoms with Crippen LogP contribution in [0.2, 0.25) is 0 Å². The van der Waals surface area contributed by atoms with Crippen LogP contribution >= 0.6 is 23.1 Å². The van der Waals surface area contributed by atoms with Gasteiger partial charge in [0.1, 0.15) is 21.6 Å². The van der Waals surface area contributed by atoms with Crippen LogP contribution in [0.25, 0.3) is 0 Å². The van der Waals surface area contributed by atoms with E-state index in [1.807, 2.05) is 74.1 Å². The Hall–Kier alpha value is -5.99. The monoisotopic (exact) mass is 785 g/mol. The van der Waals surface area contributed by atoms with Gasteiger partial charge in [0.15, 0.2) is 23.0 Å². The smallest absolute Gasteiger partial charge is 0.271 e. The Kier molecular flexibility index (Phi) is 12.3. The third kappa shape index (κ3) is 10.2. The predicted octanol–water partition coefficient (Wildman–Crippen LogP) is 3.33. The summed E-state index contributed by atoms with van der Waals surface area (Å²) in [5, 5.41) is 17.6. The van der Waals surface area contributed by atoms with E-state index in [1.54, 1.807) is 0 Å². The number of rotatable bonds is 12. The summed E-state index contributed by atoms with van der Waals surface area (Å²) in [4.78, 5) is 57.2. The molecule has 0 saturated carbocycles. The summed E-state index contributed by atoms with van der Waals surface area (Å²) in [5.74, 6) is 0.430. The molecule has 5 aromatic rings. The Labute approximate surface area is 325 Å². The van der Waals surface area contributed by atoms with Gasteiger partial charge < -0.3 is 47.9 Å². The van der Waals surface area contributed by atoms with Crippen molar-refractivity contribution in [2.75, 3.05) is 66.4 Å². The number of benzene rings is 1. The van der Waals surface area contributed by atoms with Gasteiger partial charge >= 0.3 is 0 Å². The van der Waals surface area contributed by atoms with E-state index in [0.29, 0.717) is 42.1 Å². The average molecular weight is 786 g/mol. The van der Waals surface area contributed by atoms with Crippen molar-refractivity contribution >= 4 is 79.7 Å². The van der Waals surface area contributed by atoms with E-state index < -0.39 is 11.8 Å². The maximum absolute atomic E-state index is 12.9. The molecule has 288 valence electrons. The summed E-state index contributed by atoms with van der Waals surface area (Å²) < 4.78 is 8.40. The normalized spacial score (nSPS) is 16.2. The Morgan fingerprint density at radius 1 is 0.818 bits per heavy atom. The topological polar surface area (TPSA) is 247 Å². The molecule has 0 aliphatic carbocycles. The second kappa shape index (κ2) is 17.4. The Morgan fingerprint density at radius 2 is 1.36 bits per heavy atom. The van der Waals surface area contributed by atoms with E-state index in [0.717, 1.165) is 53.0 Å². The molecular formula is C35H43N15O3S2. The number of hydrogen-bond donors (Lipinski definition) is 7. The lowest BCUT2D eigenvalue weighted by Gasteiger charge is -2.19. The summed E-state index contributed by atoms with van der Waals surface area (Å²) in [5.41, 5.74) is 14.5. The molecule has 3 amide bonds. The van der Waals surface area contributed by atoms with Crippen LogP contribution in [0.5, 0.6) is 0 Å². The maximum Gasteiger partial charge on any atom is 0.271 e. The first-order valence-electron chi connectivity index (χ1n) is 17.5. The fourth-order valence-electron chi connectivity index (χ4n) is 5.87. The molecule has 0 spiro atoms. The van der Waals surface area contributed by atoms with E-state index >= 15 is 0 Å². The first-order chi connectivity index (χ1) is 26.4. The quantitative estimate of drug-likeness (QED) is 0.0959. The third-order valence-corrected chi connectivity index (χ3v) is 10.2. The number of nitrogens with zero attached hydrogens (tertiary/aromatic N) is 8. The number of aryl methyl sites for hydroxylation is 2. The minimum absolute atomic E-state index is 0.00249. The minimum Gasteiger partial charge on any atom is -0.378 e. The van der Waals surface area contributed by atoms with Gasteiger partial charge in [0, 0.05) is 57.1 Å². The van der Waals surface area contributed by atoms with Crippen LogP contribution in [-0.2, 0) is 0 Å². The number of carbonyl (C=O) groups is 3. The van der Waals surface area contributed by atoms with Gasteiger partial charge in [0.2, 0.25) is 0 Å². The number of carbonyl (C=O) groups excluding carboxylic acids is 3. The van der Waals surface area contributed by atoms with E-state index in [9.17, 15) is 14.4 Å². The van der Waals surface area contributed by atoms with Crippen LogP contribution in [0.3, 0.4) is 0 Å². The van der Waals surface area contributed by atoms with Gasteiger partial charge in [0.05, 0.1) is 23.8 Å². The molecule has 1 aromatic carbocycles. The van der Waals surface area contributed by atoms with Crippen LogP contribution in [0.1, 0.15) is 55.6 Å². The number of amides is 3. The van der Waals surface area contributed by atoms with Gasteiger partial charge in [-0.15, -0.1) is 0 Å². The number of anilines is 7. The molecule has 7 rings (SSSR count). The first-order valence-corrected chi connectivity index (χ1v) is 19.0. The van der Waals surface area contributed by atoms with Crippen molar-refractivity contribution in [1.82, 2.24) is 38.9 Å². The number of hydrogen-bond acceptors (Lipinski definition) is 17. The molecule has 2 fully saturated rings. The molecule has 0 bridgehead atoms. The highest BCUT2D eigenvalue weighted by Gasteiger charge is 2.28. The standard InChI is InChI=1S/C22H26N8O2S.C13H17N7OS/c1-13-10-18(33-28-13)27-21-19(20(23)31)24-11-17(26-21)25-15-8-9-30(12-15)22(32)14-4-6-16(7-5-14)29(2)3;1-7-4-10(22-20-7)19-13-11(12(14)21)16-6-9(18-13)17-8-2-3-15-5-8/h4-7,10-11,15H,8-9,12H2,1-3H3,(H2,23,31)(H2,25,26,27);4,6,8,15H,2-3,5H2,1H3,(H2,14,21)(H2,17,18,19)/t15-;8-/m11/s1. The molecule has 0 radical (unpaired) electrons. The van der Waals surface area contributed by atoms with Gasteiger partial charge in [-0.3, -0.25) is 14.4 Å². The largest absolute Gasteiger partial charge is 0.378 e. The second-order valence-electron chi connectivity index (χ2n) is 13.2. The van der Waals surface area contributed by atoms with Crippen LogP contribution in [0, 0.1) is 13.8 Å². The molecule has 55 heavy (non-hydrogen) atoms. The van der Waals surface area contributed by atoms with Crippen molar-refractivity contribution in [1.29, 1.82) is 0 Å². The lowest BCUT2D eigenvalue weighted by atomic mass is 10.2. The molecule has 20 heteroatoms. The van der Waals surface area contributed by atoms with Crippen molar-refractivity contribution in [3.8, 4) is 0 Å². The summed E-state index contributed by atoms with van der Waals surface area (Å²) in [6, 6.07) is 11.6. The maximum atomic E-state index is 12.9. The zero-order chi connectivity index (χ0) is 39.1. The van der Waals surface area contributed by atoms with Crippen LogP contribution in [-0.4, -0.2) is 104 Å². The Morgan fingerprint density at radius 3 is 1.82 bits per heavy atom. The number of primary amides is 2. The predicted molar refractivity (Wildman–Crippen MR) is 215 cm³/mol. The summed E-state index contributed by atoms with van der Waals surface area (Å²) in [7, 11) is 3.93. The zero-order valence-electron chi connectivity index (χ0n) is 30.8. The molecule has 6 heterocycles. The van der Waals surface area contributed by atoms with Gasteiger partial charge in [-0.05, 0) is 92.7 Å². The van der Waals surface area contributed by atoms with Gasteiger partial charge in [-0.25, -0.2) is 19.9 Å². The molecule has 4 aromatic heterocycles. The first kappa shape index (κ1) is 38.7. The van der Waals surface area contributed by atoms with E-state index in [-0.39, 0.29) is 29.2 Å². The van der Waals surface area contributed by atoms with Crippen molar-refractivity contribution in [3.63, 3.8) is 0 Å². The summed E-state index contributed by atoms with van der Waals surface area (Å²) in [6.07, 6.45) is 4.81. The molecule has 0 unspecified atom stereocenters. The molecule has 2 atom stereocenters. The lowest BCUT2D eigenvalue weighted by Crippen LogP contribution is -2.31. The number of aromatic nitrogens is 6. The fraction of sp³-hybridized carbons (Fsp3) is 0.343. The van der Waals surface area contributed by atoms with Crippen LogP contribution < -0.4 is 43.0 Å². The Bertz CT molecular complexity index is 2130. The molecule has 2 saturated heterocycles. The van der Waals surface area contributed by atoms with E-state index in [4.69, 9.17) is 11.5 Å². The van der Waals surface area contributed by atoms with E-state index in [2.05, 4.69) is 55.3 Å². The van der Waals surface area contributed by atoms with Crippen molar-refractivity contribution in [3.05, 3.63) is 77.1 Å². The average Bonchev–Trinajstić information content (AvgIpc) is 3.99. The Balaban J connectivity index is 0.000000203. The summed E-state index contributed by atoms with van der Waals surface area (Å²) in [6.45, 7) is 6.83. The molecule has 18 nitrogen and oxygen atoms in total. The molecule has 2 aliphatic heterocycles. The third-order valence-electron chi connectivity index (χ3n) is 8.62. The highest BCUT2D eigenvalue weighted by atomic mass is 32.1. The molecule has 2 aliphatic rings. The highest BCUT2D eigenvalue weighted by Crippen LogP contribution is 2.26. The van der Waals surface area contributed by atoms with Crippen molar-refractivity contribution < 1.29 is 14.4 Å². The van der Waals surface area contributed by atoms with Gasteiger partial charge in [-0.2, -0.15) is 8.75 Å². The van der Waals surface area contributed by atoms with Crippen molar-refractivity contribution in [2.45, 2.75) is 38.8 Å². The van der Waals surface area contributed by atoms with E-state index in [1.165, 1.54) is 35.5 Å². The SMILES string of the molecule is Cc1cc(Nc2nc(N[C@@H]3CCN(C(=O)c4ccc(N(C)C)cc4)C3)cnc2C(N)=O)sn1.Cc1cc(Nc2nc(N[C@@H]3CCNC3)cnc2C(N)=O)sn1. The second-order valence-corrected chi connectivity index (χ2v) is 14.8. The lowest BCUT2D eigenvalue weighted by molar-refractivity contribution is 0.0791. The van der Waals surface area contributed by atoms with Gasteiger partial charge in [-0.1, -0.05) is 0 Å². The summed E-state index contributed by atoms with van der Waals surface area (Å²) >= 11 is 2.55.